The maximum Gasteiger partial charge on any atom is 0.162 e. The first kappa shape index (κ1) is 16.9. The van der Waals surface area contributed by atoms with E-state index in [1.165, 1.54) is 0 Å². The van der Waals surface area contributed by atoms with Crippen molar-refractivity contribution in [3.63, 3.8) is 0 Å². The molecule has 0 aliphatic carbocycles. The molecule has 0 spiro atoms. The van der Waals surface area contributed by atoms with Gasteiger partial charge in [-0.15, -0.1) is 0 Å². The second-order valence-electron chi connectivity index (χ2n) is 5.40. The molecule has 0 saturated heterocycles. The summed E-state index contributed by atoms with van der Waals surface area (Å²) in [6, 6.07) is 3.80. The highest BCUT2D eigenvalue weighted by atomic mass is 35.5. The maximum absolute atomic E-state index is 6.26. The number of nitrogens with one attached hydrogen (secondary N) is 1. The zero-order chi connectivity index (χ0) is 15.3. The SMILES string of the molecule is COc1cc(Cl)c(NC(C)CC(C)(C)OC)cc1OC. The fourth-order valence-corrected chi connectivity index (χ4v) is 2.31. The molecule has 0 aliphatic heterocycles. The fraction of sp³-hybridized carbons (Fsp3) is 0.600. The molecule has 1 aromatic carbocycles. The van der Waals surface area contributed by atoms with Crippen LogP contribution in [0.2, 0.25) is 5.02 Å². The molecule has 20 heavy (non-hydrogen) atoms. The van der Waals surface area contributed by atoms with E-state index in [0.717, 1.165) is 12.1 Å². The topological polar surface area (TPSA) is 39.7 Å². The second kappa shape index (κ2) is 7.04. The summed E-state index contributed by atoms with van der Waals surface area (Å²) in [7, 11) is 4.91. The highest BCUT2D eigenvalue weighted by Gasteiger charge is 2.21. The van der Waals surface area contributed by atoms with Crippen molar-refractivity contribution in [2.24, 2.45) is 0 Å². The summed E-state index contributed by atoms with van der Waals surface area (Å²) in [6.07, 6.45) is 0.855. The van der Waals surface area contributed by atoms with E-state index >= 15 is 0 Å². The zero-order valence-electron chi connectivity index (χ0n) is 13.0. The standard InChI is InChI=1S/C15H24ClNO3/c1-10(9-15(2,3)20-6)17-12-8-14(19-5)13(18-4)7-11(12)16/h7-8,10,17H,9H2,1-6H3. The van der Waals surface area contributed by atoms with Gasteiger partial charge in [0.1, 0.15) is 0 Å². The Labute approximate surface area is 126 Å². The number of benzene rings is 1. The highest BCUT2D eigenvalue weighted by Crippen LogP contribution is 2.36. The van der Waals surface area contributed by atoms with Crippen LogP contribution in [0, 0.1) is 0 Å². The van der Waals surface area contributed by atoms with Gasteiger partial charge >= 0.3 is 0 Å². The molecular weight excluding hydrogens is 278 g/mol. The summed E-state index contributed by atoms with van der Waals surface area (Å²) in [6.45, 7) is 6.20. The third-order valence-corrected chi connectivity index (χ3v) is 3.54. The van der Waals surface area contributed by atoms with Crippen LogP contribution in [-0.2, 0) is 4.74 Å². The molecule has 0 saturated carbocycles. The van der Waals surface area contributed by atoms with Crippen molar-refractivity contribution in [2.75, 3.05) is 26.6 Å². The first-order chi connectivity index (χ1) is 9.32. The van der Waals surface area contributed by atoms with Gasteiger partial charge in [0.05, 0.1) is 30.5 Å². The Kier molecular flexibility index (Phi) is 5.96. The number of rotatable bonds is 7. The number of ether oxygens (including phenoxy) is 3. The molecule has 4 nitrogen and oxygen atoms in total. The van der Waals surface area contributed by atoms with Crippen LogP contribution in [0.15, 0.2) is 12.1 Å². The minimum atomic E-state index is -0.185. The van der Waals surface area contributed by atoms with E-state index in [1.807, 2.05) is 6.07 Å². The molecular formula is C15H24ClNO3. The number of anilines is 1. The van der Waals surface area contributed by atoms with Crippen LogP contribution >= 0.6 is 11.6 Å². The normalized spacial score (nSPS) is 12.9. The number of hydrogen-bond donors (Lipinski definition) is 1. The van der Waals surface area contributed by atoms with Gasteiger partial charge in [-0.2, -0.15) is 0 Å². The average molecular weight is 302 g/mol. The first-order valence-corrected chi connectivity index (χ1v) is 6.94. The van der Waals surface area contributed by atoms with Crippen LogP contribution in [-0.4, -0.2) is 33.0 Å². The predicted molar refractivity (Wildman–Crippen MR) is 83.3 cm³/mol. The Morgan fingerprint density at radius 2 is 1.70 bits per heavy atom. The molecule has 0 amide bonds. The van der Waals surface area contributed by atoms with Crippen molar-refractivity contribution in [1.82, 2.24) is 0 Å². The Hall–Kier alpha value is -1.13. The summed E-state index contributed by atoms with van der Waals surface area (Å²) in [5.41, 5.74) is 0.638. The van der Waals surface area contributed by atoms with Crippen molar-refractivity contribution < 1.29 is 14.2 Å². The molecule has 5 heteroatoms. The van der Waals surface area contributed by atoms with Gasteiger partial charge < -0.3 is 19.5 Å². The molecule has 0 aliphatic rings. The van der Waals surface area contributed by atoms with Crippen LogP contribution in [0.25, 0.3) is 0 Å². The van der Waals surface area contributed by atoms with E-state index in [0.29, 0.717) is 16.5 Å². The Morgan fingerprint density at radius 3 is 2.20 bits per heavy atom. The van der Waals surface area contributed by atoms with Crippen LogP contribution in [0.4, 0.5) is 5.69 Å². The minimum Gasteiger partial charge on any atom is -0.493 e. The lowest BCUT2D eigenvalue weighted by Gasteiger charge is -2.28. The van der Waals surface area contributed by atoms with Gasteiger partial charge in [0.15, 0.2) is 11.5 Å². The second-order valence-corrected chi connectivity index (χ2v) is 5.81. The van der Waals surface area contributed by atoms with Gasteiger partial charge in [-0.1, -0.05) is 11.6 Å². The van der Waals surface area contributed by atoms with Gasteiger partial charge in [0, 0.05) is 25.3 Å². The number of halogens is 1. The maximum atomic E-state index is 6.26. The molecule has 1 unspecified atom stereocenters. The van der Waals surface area contributed by atoms with E-state index in [1.54, 1.807) is 27.4 Å². The van der Waals surface area contributed by atoms with Crippen molar-refractivity contribution in [3.05, 3.63) is 17.2 Å². The van der Waals surface area contributed by atoms with Crippen molar-refractivity contribution in [1.29, 1.82) is 0 Å². The average Bonchev–Trinajstić information content (AvgIpc) is 2.39. The Bertz CT molecular complexity index is 449. The van der Waals surface area contributed by atoms with Crippen molar-refractivity contribution in [3.8, 4) is 11.5 Å². The lowest BCUT2D eigenvalue weighted by molar-refractivity contribution is 0.0128. The van der Waals surface area contributed by atoms with Crippen LogP contribution in [0.5, 0.6) is 11.5 Å². The smallest absolute Gasteiger partial charge is 0.162 e. The summed E-state index contributed by atoms with van der Waals surface area (Å²) < 4.78 is 15.9. The largest absolute Gasteiger partial charge is 0.493 e. The molecule has 1 aromatic rings. The molecule has 0 aromatic heterocycles. The molecule has 114 valence electrons. The molecule has 0 bridgehead atoms. The van der Waals surface area contributed by atoms with Gasteiger partial charge in [0.25, 0.3) is 0 Å². The van der Waals surface area contributed by atoms with Crippen LogP contribution in [0.1, 0.15) is 27.2 Å². The molecule has 0 heterocycles. The predicted octanol–water partition coefficient (Wildman–Crippen LogP) is 3.97. The Morgan fingerprint density at radius 1 is 1.15 bits per heavy atom. The van der Waals surface area contributed by atoms with Crippen LogP contribution in [0.3, 0.4) is 0 Å². The third kappa shape index (κ3) is 4.46. The number of methoxy groups -OCH3 is 3. The fourth-order valence-electron chi connectivity index (χ4n) is 2.10. The Balaban J connectivity index is 2.87. The highest BCUT2D eigenvalue weighted by molar-refractivity contribution is 6.33. The molecule has 1 atom stereocenters. The molecule has 0 fully saturated rings. The molecule has 0 radical (unpaired) electrons. The van der Waals surface area contributed by atoms with Gasteiger partial charge in [0.2, 0.25) is 0 Å². The van der Waals surface area contributed by atoms with E-state index in [4.69, 9.17) is 25.8 Å². The van der Waals surface area contributed by atoms with E-state index in [-0.39, 0.29) is 11.6 Å². The van der Waals surface area contributed by atoms with E-state index in [2.05, 4.69) is 26.1 Å². The monoisotopic (exact) mass is 301 g/mol. The lowest BCUT2D eigenvalue weighted by Crippen LogP contribution is -2.31. The third-order valence-electron chi connectivity index (χ3n) is 3.23. The zero-order valence-corrected chi connectivity index (χ0v) is 13.8. The van der Waals surface area contributed by atoms with Gasteiger partial charge in [-0.3, -0.25) is 0 Å². The summed E-state index contributed by atoms with van der Waals surface area (Å²) in [5, 5.41) is 3.98. The quantitative estimate of drug-likeness (QED) is 0.827. The molecule has 1 rings (SSSR count). The summed E-state index contributed by atoms with van der Waals surface area (Å²) in [5.74, 6) is 1.27. The lowest BCUT2D eigenvalue weighted by atomic mass is 9.99. The van der Waals surface area contributed by atoms with Crippen molar-refractivity contribution in [2.45, 2.75) is 38.8 Å². The van der Waals surface area contributed by atoms with Crippen LogP contribution < -0.4 is 14.8 Å². The van der Waals surface area contributed by atoms with Gasteiger partial charge in [-0.05, 0) is 27.2 Å². The number of hydrogen-bond acceptors (Lipinski definition) is 4. The van der Waals surface area contributed by atoms with Gasteiger partial charge in [-0.25, -0.2) is 0 Å². The minimum absolute atomic E-state index is 0.185. The summed E-state index contributed by atoms with van der Waals surface area (Å²) >= 11 is 6.26. The van der Waals surface area contributed by atoms with E-state index in [9.17, 15) is 0 Å². The first-order valence-electron chi connectivity index (χ1n) is 6.56. The molecule has 1 N–H and O–H groups in total. The summed E-state index contributed by atoms with van der Waals surface area (Å²) in [4.78, 5) is 0. The van der Waals surface area contributed by atoms with Crippen molar-refractivity contribution >= 4 is 17.3 Å². The van der Waals surface area contributed by atoms with E-state index < -0.39 is 0 Å².